The van der Waals surface area contributed by atoms with Gasteiger partial charge in [0, 0.05) is 29.2 Å². The number of anilines is 1. The van der Waals surface area contributed by atoms with Gasteiger partial charge in [0.15, 0.2) is 0 Å². The van der Waals surface area contributed by atoms with Gasteiger partial charge in [-0.2, -0.15) is 0 Å². The fraction of sp³-hybridized carbons (Fsp3) is 0.538. The van der Waals surface area contributed by atoms with Crippen molar-refractivity contribution >= 4 is 27.3 Å². The van der Waals surface area contributed by atoms with Gasteiger partial charge in [0.05, 0.1) is 4.92 Å². The summed E-state index contributed by atoms with van der Waals surface area (Å²) in [5, 5.41) is 14.4. The van der Waals surface area contributed by atoms with Gasteiger partial charge in [0.2, 0.25) is 0 Å². The lowest BCUT2D eigenvalue weighted by molar-refractivity contribution is -0.384. The summed E-state index contributed by atoms with van der Waals surface area (Å²) in [5.74, 6) is 0. The summed E-state index contributed by atoms with van der Waals surface area (Å²) >= 11 is 3.27. The van der Waals surface area contributed by atoms with Crippen LogP contribution in [-0.4, -0.2) is 35.5 Å². The number of hydrogen-bond acceptors (Lipinski definition) is 4. The van der Waals surface area contributed by atoms with E-state index >= 15 is 0 Å². The fourth-order valence-corrected chi connectivity index (χ4v) is 2.77. The SMILES string of the molecule is CC1CC(Nc2ccc(Br)cc2[N+](=O)[O-])CCN1C. The molecule has 1 aromatic carbocycles. The summed E-state index contributed by atoms with van der Waals surface area (Å²) in [6.07, 6.45) is 2.01. The molecule has 1 aliphatic rings. The van der Waals surface area contributed by atoms with Crippen LogP contribution in [0, 0.1) is 10.1 Å². The van der Waals surface area contributed by atoms with Gasteiger partial charge in [-0.05, 0) is 38.9 Å². The van der Waals surface area contributed by atoms with Gasteiger partial charge in [-0.1, -0.05) is 15.9 Å². The molecule has 1 fully saturated rings. The predicted molar refractivity (Wildman–Crippen MR) is 79.5 cm³/mol. The smallest absolute Gasteiger partial charge is 0.293 e. The number of nitrogens with one attached hydrogen (secondary N) is 1. The highest BCUT2D eigenvalue weighted by atomic mass is 79.9. The number of halogens is 1. The maximum Gasteiger partial charge on any atom is 0.293 e. The first-order valence-electron chi connectivity index (χ1n) is 6.38. The molecule has 1 aliphatic heterocycles. The summed E-state index contributed by atoms with van der Waals surface area (Å²) in [5.41, 5.74) is 0.732. The number of rotatable bonds is 3. The predicted octanol–water partition coefficient (Wildman–Crippen LogP) is 3.25. The van der Waals surface area contributed by atoms with Crippen LogP contribution in [-0.2, 0) is 0 Å². The van der Waals surface area contributed by atoms with E-state index in [4.69, 9.17) is 0 Å². The van der Waals surface area contributed by atoms with Crippen LogP contribution in [0.5, 0.6) is 0 Å². The molecule has 0 saturated carbocycles. The van der Waals surface area contributed by atoms with Gasteiger partial charge in [-0.3, -0.25) is 10.1 Å². The van der Waals surface area contributed by atoms with Crippen molar-refractivity contribution in [1.29, 1.82) is 0 Å². The molecule has 5 nitrogen and oxygen atoms in total. The van der Waals surface area contributed by atoms with Gasteiger partial charge in [-0.25, -0.2) is 0 Å². The number of benzene rings is 1. The number of nitrogens with zero attached hydrogens (tertiary/aromatic N) is 2. The van der Waals surface area contributed by atoms with Gasteiger partial charge in [0.1, 0.15) is 5.69 Å². The zero-order valence-corrected chi connectivity index (χ0v) is 12.7. The maximum atomic E-state index is 11.1. The van der Waals surface area contributed by atoms with Gasteiger partial charge < -0.3 is 10.2 Å². The molecule has 6 heteroatoms. The molecule has 1 aromatic rings. The Morgan fingerprint density at radius 3 is 2.89 bits per heavy atom. The van der Waals surface area contributed by atoms with Crippen LogP contribution in [0.15, 0.2) is 22.7 Å². The van der Waals surface area contributed by atoms with Gasteiger partial charge in [0.25, 0.3) is 5.69 Å². The Morgan fingerprint density at radius 2 is 2.26 bits per heavy atom. The maximum absolute atomic E-state index is 11.1. The van der Waals surface area contributed by atoms with Gasteiger partial charge >= 0.3 is 0 Å². The highest BCUT2D eigenvalue weighted by Gasteiger charge is 2.24. The van der Waals surface area contributed by atoms with Crippen LogP contribution in [0.1, 0.15) is 19.8 Å². The van der Waals surface area contributed by atoms with E-state index in [2.05, 4.69) is 40.1 Å². The second kappa shape index (κ2) is 5.88. The Bertz CT molecular complexity index is 481. The van der Waals surface area contributed by atoms with E-state index in [0.717, 1.165) is 23.9 Å². The van der Waals surface area contributed by atoms with E-state index in [0.29, 0.717) is 17.8 Å². The van der Waals surface area contributed by atoms with Crippen LogP contribution >= 0.6 is 15.9 Å². The summed E-state index contributed by atoms with van der Waals surface area (Å²) in [4.78, 5) is 13.0. The Morgan fingerprint density at radius 1 is 1.53 bits per heavy atom. The minimum Gasteiger partial charge on any atom is -0.377 e. The lowest BCUT2D eigenvalue weighted by atomic mass is 9.98. The molecule has 0 aromatic heterocycles. The first-order chi connectivity index (χ1) is 8.97. The molecular weight excluding hydrogens is 310 g/mol. The van der Waals surface area contributed by atoms with E-state index in [1.165, 1.54) is 0 Å². The zero-order chi connectivity index (χ0) is 14.0. The lowest BCUT2D eigenvalue weighted by Crippen LogP contribution is -2.42. The minimum atomic E-state index is -0.342. The highest BCUT2D eigenvalue weighted by molar-refractivity contribution is 9.10. The summed E-state index contributed by atoms with van der Waals surface area (Å²) < 4.78 is 0.724. The van der Waals surface area contributed by atoms with E-state index in [1.54, 1.807) is 12.1 Å². The average molecular weight is 328 g/mol. The molecular formula is C13H18BrN3O2. The number of nitro groups is 1. The number of nitro benzene ring substituents is 1. The molecule has 0 radical (unpaired) electrons. The average Bonchev–Trinajstić information content (AvgIpc) is 2.36. The van der Waals surface area contributed by atoms with Crippen LogP contribution < -0.4 is 5.32 Å². The van der Waals surface area contributed by atoms with Crippen LogP contribution in [0.2, 0.25) is 0 Å². The summed E-state index contributed by atoms with van der Waals surface area (Å²) in [6, 6.07) is 5.94. The standard InChI is InChI=1S/C13H18BrN3O2/c1-9-7-11(5-6-16(9)2)15-12-4-3-10(14)8-13(12)17(18)19/h3-4,8-9,11,15H,5-7H2,1-2H3. The minimum absolute atomic E-state index is 0.126. The second-order valence-electron chi connectivity index (χ2n) is 5.11. The third-order valence-electron chi connectivity index (χ3n) is 3.72. The monoisotopic (exact) mass is 327 g/mol. The van der Waals surface area contributed by atoms with Crippen LogP contribution in [0.3, 0.4) is 0 Å². The van der Waals surface area contributed by atoms with E-state index in [1.807, 2.05) is 6.07 Å². The molecule has 0 bridgehead atoms. The van der Waals surface area contributed by atoms with E-state index in [9.17, 15) is 10.1 Å². The summed E-state index contributed by atoms with van der Waals surface area (Å²) in [6.45, 7) is 3.20. The molecule has 0 aliphatic carbocycles. The molecule has 104 valence electrons. The molecule has 1 N–H and O–H groups in total. The number of likely N-dealkylation sites (tertiary alicyclic amines) is 1. The zero-order valence-electron chi connectivity index (χ0n) is 11.1. The Labute approximate surface area is 121 Å². The third kappa shape index (κ3) is 3.45. The largest absolute Gasteiger partial charge is 0.377 e. The van der Waals surface area contributed by atoms with Crippen molar-refractivity contribution in [3.63, 3.8) is 0 Å². The molecule has 1 heterocycles. The third-order valence-corrected chi connectivity index (χ3v) is 4.22. The topological polar surface area (TPSA) is 58.4 Å². The van der Waals surface area contributed by atoms with Crippen molar-refractivity contribution in [2.75, 3.05) is 18.9 Å². The van der Waals surface area contributed by atoms with E-state index in [-0.39, 0.29) is 10.6 Å². The quantitative estimate of drug-likeness (QED) is 0.683. The molecule has 2 unspecified atom stereocenters. The first-order valence-corrected chi connectivity index (χ1v) is 7.17. The van der Waals surface area contributed by atoms with Crippen LogP contribution in [0.4, 0.5) is 11.4 Å². The van der Waals surface area contributed by atoms with Crippen LogP contribution in [0.25, 0.3) is 0 Å². The van der Waals surface area contributed by atoms with Crippen molar-refractivity contribution < 1.29 is 4.92 Å². The first kappa shape index (κ1) is 14.3. The molecule has 2 rings (SSSR count). The normalized spacial score (nSPS) is 24.2. The molecule has 0 amide bonds. The Hall–Kier alpha value is -1.14. The highest BCUT2D eigenvalue weighted by Crippen LogP contribution is 2.30. The van der Waals surface area contributed by atoms with Crippen molar-refractivity contribution in [1.82, 2.24) is 4.90 Å². The fourth-order valence-electron chi connectivity index (χ4n) is 2.42. The molecule has 0 spiro atoms. The van der Waals surface area contributed by atoms with Crippen molar-refractivity contribution in [3.05, 3.63) is 32.8 Å². The lowest BCUT2D eigenvalue weighted by Gasteiger charge is -2.35. The molecule has 2 atom stereocenters. The molecule has 1 saturated heterocycles. The van der Waals surface area contributed by atoms with E-state index < -0.39 is 0 Å². The van der Waals surface area contributed by atoms with Gasteiger partial charge in [-0.15, -0.1) is 0 Å². The summed E-state index contributed by atoms with van der Waals surface area (Å²) in [7, 11) is 2.11. The Kier molecular flexibility index (Phi) is 4.42. The second-order valence-corrected chi connectivity index (χ2v) is 6.03. The number of hydrogen-bond donors (Lipinski definition) is 1. The molecule has 19 heavy (non-hydrogen) atoms. The Balaban J connectivity index is 2.13. The number of piperidine rings is 1. The van der Waals surface area contributed by atoms with Crippen molar-refractivity contribution in [2.24, 2.45) is 0 Å². The van der Waals surface area contributed by atoms with Crippen molar-refractivity contribution in [2.45, 2.75) is 31.8 Å². The van der Waals surface area contributed by atoms with Crippen molar-refractivity contribution in [3.8, 4) is 0 Å².